The maximum Gasteiger partial charge on any atom is 0.0252 e. The zero-order chi connectivity index (χ0) is 13.2. The van der Waals surface area contributed by atoms with Crippen LogP contribution in [0, 0.1) is 13.8 Å². The molecule has 18 heavy (non-hydrogen) atoms. The lowest BCUT2D eigenvalue weighted by molar-refractivity contribution is 0.223. The van der Waals surface area contributed by atoms with E-state index in [9.17, 15) is 0 Å². The molecular formula is C16H26N2. The SMILES string of the molecule is Cc1cccc(C)c1CN1CCCNC(C)(C)C1. The van der Waals surface area contributed by atoms with Gasteiger partial charge in [0.15, 0.2) is 0 Å². The van der Waals surface area contributed by atoms with E-state index in [0.29, 0.717) is 0 Å². The Bertz CT molecular complexity index is 389. The van der Waals surface area contributed by atoms with E-state index in [1.807, 2.05) is 0 Å². The van der Waals surface area contributed by atoms with Crippen LogP contribution in [0.2, 0.25) is 0 Å². The lowest BCUT2D eigenvalue weighted by Gasteiger charge is -2.30. The Morgan fingerprint density at radius 1 is 1.22 bits per heavy atom. The minimum atomic E-state index is 0.229. The Labute approximate surface area is 111 Å². The molecular weight excluding hydrogens is 220 g/mol. The topological polar surface area (TPSA) is 15.3 Å². The third-order valence-corrected chi connectivity index (χ3v) is 3.90. The molecule has 1 aliphatic rings. The Balaban J connectivity index is 2.13. The van der Waals surface area contributed by atoms with Gasteiger partial charge in [-0.05, 0) is 63.9 Å². The van der Waals surface area contributed by atoms with Gasteiger partial charge in [-0.1, -0.05) is 18.2 Å². The molecule has 0 aromatic heterocycles. The molecule has 0 bridgehead atoms. The molecule has 1 aliphatic heterocycles. The number of rotatable bonds is 2. The van der Waals surface area contributed by atoms with E-state index in [1.165, 1.54) is 29.7 Å². The molecule has 1 N–H and O–H groups in total. The highest BCUT2D eigenvalue weighted by molar-refractivity contribution is 5.33. The van der Waals surface area contributed by atoms with Crippen molar-refractivity contribution in [1.29, 1.82) is 0 Å². The van der Waals surface area contributed by atoms with Crippen LogP contribution in [0.4, 0.5) is 0 Å². The van der Waals surface area contributed by atoms with Crippen molar-refractivity contribution in [2.75, 3.05) is 19.6 Å². The summed E-state index contributed by atoms with van der Waals surface area (Å²) in [5.74, 6) is 0. The number of benzene rings is 1. The summed E-state index contributed by atoms with van der Waals surface area (Å²) < 4.78 is 0. The summed E-state index contributed by atoms with van der Waals surface area (Å²) in [5.41, 5.74) is 4.58. The van der Waals surface area contributed by atoms with Crippen LogP contribution >= 0.6 is 0 Å². The number of hydrogen-bond donors (Lipinski definition) is 1. The molecule has 0 amide bonds. The molecule has 100 valence electrons. The summed E-state index contributed by atoms with van der Waals surface area (Å²) in [7, 11) is 0. The van der Waals surface area contributed by atoms with Crippen molar-refractivity contribution in [2.45, 2.75) is 46.2 Å². The van der Waals surface area contributed by atoms with Crippen molar-refractivity contribution in [3.8, 4) is 0 Å². The van der Waals surface area contributed by atoms with E-state index in [1.54, 1.807) is 0 Å². The van der Waals surface area contributed by atoms with E-state index in [0.717, 1.165) is 19.6 Å². The first-order chi connectivity index (χ1) is 8.48. The standard InChI is InChI=1S/C16H26N2/c1-13-7-5-8-14(2)15(13)11-18-10-6-9-17-16(3,4)12-18/h5,7-8,17H,6,9-12H2,1-4H3. The zero-order valence-corrected chi connectivity index (χ0v) is 12.2. The van der Waals surface area contributed by atoms with Gasteiger partial charge in [-0.3, -0.25) is 4.90 Å². The van der Waals surface area contributed by atoms with Gasteiger partial charge in [-0.25, -0.2) is 0 Å². The largest absolute Gasteiger partial charge is 0.310 e. The van der Waals surface area contributed by atoms with E-state index in [2.05, 4.69) is 56.1 Å². The average molecular weight is 246 g/mol. The fraction of sp³-hybridized carbons (Fsp3) is 0.625. The van der Waals surface area contributed by atoms with Crippen LogP contribution in [-0.2, 0) is 6.54 Å². The van der Waals surface area contributed by atoms with Gasteiger partial charge in [0.1, 0.15) is 0 Å². The van der Waals surface area contributed by atoms with Crippen LogP contribution in [0.3, 0.4) is 0 Å². The first-order valence-corrected chi connectivity index (χ1v) is 7.00. The second-order valence-electron chi connectivity index (χ2n) is 6.25. The van der Waals surface area contributed by atoms with Gasteiger partial charge in [0.05, 0.1) is 0 Å². The van der Waals surface area contributed by atoms with Gasteiger partial charge < -0.3 is 5.32 Å². The van der Waals surface area contributed by atoms with Gasteiger partial charge >= 0.3 is 0 Å². The van der Waals surface area contributed by atoms with E-state index >= 15 is 0 Å². The maximum atomic E-state index is 3.62. The second-order valence-corrected chi connectivity index (χ2v) is 6.25. The molecule has 0 atom stereocenters. The molecule has 1 aromatic rings. The van der Waals surface area contributed by atoms with Crippen LogP contribution in [0.25, 0.3) is 0 Å². The number of hydrogen-bond acceptors (Lipinski definition) is 2. The van der Waals surface area contributed by atoms with Gasteiger partial charge in [-0.2, -0.15) is 0 Å². The molecule has 0 saturated carbocycles. The highest BCUT2D eigenvalue weighted by Crippen LogP contribution is 2.19. The summed E-state index contributed by atoms with van der Waals surface area (Å²) in [6, 6.07) is 6.61. The fourth-order valence-corrected chi connectivity index (χ4v) is 2.88. The van der Waals surface area contributed by atoms with Gasteiger partial charge in [-0.15, -0.1) is 0 Å². The van der Waals surface area contributed by atoms with Crippen LogP contribution in [0.15, 0.2) is 18.2 Å². The van der Waals surface area contributed by atoms with Crippen molar-refractivity contribution < 1.29 is 0 Å². The second kappa shape index (κ2) is 5.41. The van der Waals surface area contributed by atoms with Crippen LogP contribution in [-0.4, -0.2) is 30.1 Å². The third-order valence-electron chi connectivity index (χ3n) is 3.90. The highest BCUT2D eigenvalue weighted by atomic mass is 15.2. The lowest BCUT2D eigenvalue weighted by Crippen LogP contribution is -2.46. The zero-order valence-electron chi connectivity index (χ0n) is 12.2. The fourth-order valence-electron chi connectivity index (χ4n) is 2.88. The molecule has 2 nitrogen and oxygen atoms in total. The van der Waals surface area contributed by atoms with Crippen molar-refractivity contribution in [2.24, 2.45) is 0 Å². The van der Waals surface area contributed by atoms with E-state index in [4.69, 9.17) is 0 Å². The molecule has 1 heterocycles. The Kier molecular flexibility index (Phi) is 4.08. The van der Waals surface area contributed by atoms with Crippen molar-refractivity contribution >= 4 is 0 Å². The number of aryl methyl sites for hydroxylation is 2. The predicted molar refractivity (Wildman–Crippen MR) is 77.9 cm³/mol. The summed E-state index contributed by atoms with van der Waals surface area (Å²) >= 11 is 0. The smallest absolute Gasteiger partial charge is 0.0252 e. The van der Waals surface area contributed by atoms with Crippen molar-refractivity contribution in [3.05, 3.63) is 34.9 Å². The molecule has 1 fully saturated rings. The minimum Gasteiger partial charge on any atom is -0.310 e. The maximum absolute atomic E-state index is 3.62. The highest BCUT2D eigenvalue weighted by Gasteiger charge is 2.24. The number of nitrogens with one attached hydrogen (secondary N) is 1. The first kappa shape index (κ1) is 13.6. The number of nitrogens with zero attached hydrogens (tertiary/aromatic N) is 1. The molecule has 0 spiro atoms. The molecule has 1 aromatic carbocycles. The Morgan fingerprint density at radius 2 is 1.89 bits per heavy atom. The quantitative estimate of drug-likeness (QED) is 0.863. The Morgan fingerprint density at radius 3 is 2.56 bits per heavy atom. The van der Waals surface area contributed by atoms with Crippen LogP contribution in [0.1, 0.15) is 37.0 Å². The molecule has 0 aliphatic carbocycles. The monoisotopic (exact) mass is 246 g/mol. The molecule has 0 radical (unpaired) electrons. The van der Waals surface area contributed by atoms with Crippen LogP contribution in [0.5, 0.6) is 0 Å². The summed E-state index contributed by atoms with van der Waals surface area (Å²) in [4.78, 5) is 2.59. The first-order valence-electron chi connectivity index (χ1n) is 7.00. The van der Waals surface area contributed by atoms with E-state index in [-0.39, 0.29) is 5.54 Å². The van der Waals surface area contributed by atoms with Crippen molar-refractivity contribution in [1.82, 2.24) is 10.2 Å². The molecule has 0 unspecified atom stereocenters. The van der Waals surface area contributed by atoms with Crippen molar-refractivity contribution in [3.63, 3.8) is 0 Å². The van der Waals surface area contributed by atoms with Gasteiger partial charge in [0.2, 0.25) is 0 Å². The Hall–Kier alpha value is -0.860. The summed E-state index contributed by atoms with van der Waals surface area (Å²) in [6.07, 6.45) is 1.24. The predicted octanol–water partition coefficient (Wildman–Crippen LogP) is 2.88. The molecule has 1 saturated heterocycles. The van der Waals surface area contributed by atoms with E-state index < -0.39 is 0 Å². The normalized spacial score (nSPS) is 20.7. The average Bonchev–Trinajstić information content (AvgIpc) is 2.45. The van der Waals surface area contributed by atoms with Gasteiger partial charge in [0.25, 0.3) is 0 Å². The van der Waals surface area contributed by atoms with Gasteiger partial charge in [0, 0.05) is 18.6 Å². The lowest BCUT2D eigenvalue weighted by atomic mass is 10.0. The minimum absolute atomic E-state index is 0.229. The molecule has 2 heteroatoms. The third kappa shape index (κ3) is 3.33. The molecule has 2 rings (SSSR count). The van der Waals surface area contributed by atoms with Crippen LogP contribution < -0.4 is 5.32 Å². The summed E-state index contributed by atoms with van der Waals surface area (Å²) in [6.45, 7) is 13.6. The summed E-state index contributed by atoms with van der Waals surface area (Å²) in [5, 5.41) is 3.62.